The largest absolute Gasteiger partial charge is 0.377 e. The van der Waals surface area contributed by atoms with Crippen LogP contribution in [-0.2, 0) is 4.74 Å². The minimum atomic E-state index is -0.223. The quantitative estimate of drug-likeness (QED) is 0.527. The lowest BCUT2D eigenvalue weighted by molar-refractivity contribution is 0.161. The Labute approximate surface area is 181 Å². The fraction of sp³-hybridized carbons (Fsp3) is 0.360. The molecule has 1 atom stereocenters. The van der Waals surface area contributed by atoms with Gasteiger partial charge < -0.3 is 15.4 Å². The lowest BCUT2D eigenvalue weighted by Crippen LogP contribution is -2.19. The first kappa shape index (κ1) is 19.9. The summed E-state index contributed by atoms with van der Waals surface area (Å²) in [5.41, 5.74) is 4.63. The first-order chi connectivity index (χ1) is 15.1. The van der Waals surface area contributed by atoms with Crippen molar-refractivity contribution >= 4 is 33.9 Å². The van der Waals surface area contributed by atoms with E-state index in [0.717, 1.165) is 41.0 Å². The molecule has 1 fully saturated rings. The van der Waals surface area contributed by atoms with Gasteiger partial charge in [-0.1, -0.05) is 18.2 Å². The van der Waals surface area contributed by atoms with E-state index in [4.69, 9.17) is 14.7 Å². The number of rotatable bonds is 6. The van der Waals surface area contributed by atoms with Gasteiger partial charge in [-0.15, -0.1) is 0 Å². The molecule has 5 nitrogen and oxygen atoms in total. The molecule has 0 radical (unpaired) electrons. The molecule has 5 rings (SSSR count). The standard InChI is InChI=1S/C25H27FN4O/c1-15-14-19(8-9-22(15)26)28-25-29-23-20(18-10-12-31-13-11-18)4-3-5-21(23)24(30-25)27-16(2)17-6-7-17/h3-5,8-10,14,16-17H,6-7,11-13H2,1-2H3,(H2,27,28,29,30)/t16-/m1/s1. The Morgan fingerprint density at radius 3 is 2.77 bits per heavy atom. The van der Waals surface area contributed by atoms with Crippen molar-refractivity contribution in [2.24, 2.45) is 5.92 Å². The Morgan fingerprint density at radius 1 is 1.16 bits per heavy atom. The highest BCUT2D eigenvalue weighted by Crippen LogP contribution is 2.36. The highest BCUT2D eigenvalue weighted by atomic mass is 19.1. The summed E-state index contributed by atoms with van der Waals surface area (Å²) in [5.74, 6) is 1.81. The smallest absolute Gasteiger partial charge is 0.229 e. The van der Waals surface area contributed by atoms with E-state index in [2.05, 4.69) is 41.8 Å². The average molecular weight is 419 g/mol. The summed E-state index contributed by atoms with van der Waals surface area (Å²) >= 11 is 0. The number of anilines is 3. The first-order valence-corrected chi connectivity index (χ1v) is 11.0. The van der Waals surface area contributed by atoms with Crippen molar-refractivity contribution in [1.29, 1.82) is 0 Å². The van der Waals surface area contributed by atoms with Gasteiger partial charge in [0.1, 0.15) is 11.6 Å². The summed E-state index contributed by atoms with van der Waals surface area (Å²) in [6, 6.07) is 11.6. The normalized spacial score (nSPS) is 17.3. The number of aryl methyl sites for hydroxylation is 1. The van der Waals surface area contributed by atoms with Crippen molar-refractivity contribution in [2.45, 2.75) is 39.2 Å². The Bertz CT molecular complexity index is 1160. The van der Waals surface area contributed by atoms with Crippen LogP contribution in [0.25, 0.3) is 16.5 Å². The molecule has 1 aromatic heterocycles. The van der Waals surface area contributed by atoms with Crippen molar-refractivity contribution in [2.75, 3.05) is 23.8 Å². The van der Waals surface area contributed by atoms with E-state index in [0.29, 0.717) is 30.1 Å². The number of hydrogen-bond donors (Lipinski definition) is 2. The van der Waals surface area contributed by atoms with Crippen molar-refractivity contribution in [3.8, 4) is 0 Å². The maximum atomic E-state index is 13.7. The molecular weight excluding hydrogens is 391 g/mol. The Kier molecular flexibility index (Phi) is 5.32. The van der Waals surface area contributed by atoms with E-state index in [9.17, 15) is 4.39 Å². The third kappa shape index (κ3) is 4.26. The van der Waals surface area contributed by atoms with Gasteiger partial charge in [0.05, 0.1) is 18.7 Å². The molecule has 1 aliphatic carbocycles. The second-order valence-corrected chi connectivity index (χ2v) is 8.51. The zero-order valence-corrected chi connectivity index (χ0v) is 17.9. The molecule has 0 spiro atoms. The molecule has 2 N–H and O–H groups in total. The maximum Gasteiger partial charge on any atom is 0.229 e. The summed E-state index contributed by atoms with van der Waals surface area (Å²) in [5, 5.41) is 7.92. The second kappa shape index (κ2) is 8.27. The molecule has 3 aromatic rings. The van der Waals surface area contributed by atoms with E-state index in [-0.39, 0.29) is 5.82 Å². The zero-order chi connectivity index (χ0) is 21.4. The topological polar surface area (TPSA) is 59.1 Å². The van der Waals surface area contributed by atoms with Crippen molar-refractivity contribution in [3.05, 3.63) is 59.4 Å². The summed E-state index contributed by atoms with van der Waals surface area (Å²) in [6.45, 7) is 5.31. The summed E-state index contributed by atoms with van der Waals surface area (Å²) < 4.78 is 19.2. The maximum absolute atomic E-state index is 13.7. The lowest BCUT2D eigenvalue weighted by atomic mass is 9.98. The molecule has 2 heterocycles. The van der Waals surface area contributed by atoms with Crippen molar-refractivity contribution < 1.29 is 9.13 Å². The molecule has 0 saturated heterocycles. The number of hydrogen-bond acceptors (Lipinski definition) is 5. The number of nitrogens with zero attached hydrogens (tertiary/aromatic N) is 2. The van der Waals surface area contributed by atoms with Gasteiger partial charge in [0, 0.05) is 22.7 Å². The SMILES string of the molecule is Cc1cc(Nc2nc(N[C@H](C)C3CC3)c3cccc(C4=CCOCC4)c3n2)ccc1F. The molecule has 0 bridgehead atoms. The van der Waals surface area contributed by atoms with Gasteiger partial charge in [-0.05, 0) is 74.4 Å². The van der Waals surface area contributed by atoms with Crippen LogP contribution in [0, 0.1) is 18.7 Å². The zero-order valence-electron chi connectivity index (χ0n) is 17.9. The number of nitrogens with one attached hydrogen (secondary N) is 2. The van der Waals surface area contributed by atoms with Crippen LogP contribution in [0.3, 0.4) is 0 Å². The van der Waals surface area contributed by atoms with Crippen molar-refractivity contribution in [1.82, 2.24) is 9.97 Å². The highest BCUT2D eigenvalue weighted by molar-refractivity contribution is 5.98. The molecule has 160 valence electrons. The third-order valence-electron chi connectivity index (χ3n) is 6.14. The Balaban J connectivity index is 1.60. The molecule has 0 amide bonds. The monoisotopic (exact) mass is 418 g/mol. The van der Waals surface area contributed by atoms with Gasteiger partial charge in [-0.2, -0.15) is 4.98 Å². The predicted molar refractivity (Wildman–Crippen MR) is 123 cm³/mol. The molecule has 2 aromatic carbocycles. The number of ether oxygens (including phenoxy) is 1. The third-order valence-corrected chi connectivity index (χ3v) is 6.14. The van der Waals surface area contributed by atoms with E-state index in [1.165, 1.54) is 24.5 Å². The van der Waals surface area contributed by atoms with E-state index < -0.39 is 0 Å². The summed E-state index contributed by atoms with van der Waals surface area (Å²) in [7, 11) is 0. The average Bonchev–Trinajstić information content (AvgIpc) is 3.62. The summed E-state index contributed by atoms with van der Waals surface area (Å²) in [6.07, 6.45) is 5.52. The minimum absolute atomic E-state index is 0.223. The fourth-order valence-corrected chi connectivity index (χ4v) is 4.13. The molecule has 1 saturated carbocycles. The van der Waals surface area contributed by atoms with Gasteiger partial charge in [-0.3, -0.25) is 0 Å². The van der Waals surface area contributed by atoms with Gasteiger partial charge >= 0.3 is 0 Å². The van der Waals surface area contributed by atoms with Gasteiger partial charge in [0.25, 0.3) is 0 Å². The molecule has 2 aliphatic rings. The van der Waals surface area contributed by atoms with Crippen LogP contribution in [0.5, 0.6) is 0 Å². The van der Waals surface area contributed by atoms with Crippen LogP contribution in [0.4, 0.5) is 21.8 Å². The van der Waals surface area contributed by atoms with Crippen LogP contribution < -0.4 is 10.6 Å². The molecule has 6 heteroatoms. The van der Waals surface area contributed by atoms with Crippen LogP contribution in [0.15, 0.2) is 42.5 Å². The second-order valence-electron chi connectivity index (χ2n) is 8.51. The van der Waals surface area contributed by atoms with E-state index in [1.54, 1.807) is 19.1 Å². The van der Waals surface area contributed by atoms with Gasteiger partial charge in [0.2, 0.25) is 5.95 Å². The minimum Gasteiger partial charge on any atom is -0.377 e. The number of aromatic nitrogens is 2. The van der Waals surface area contributed by atoms with Crippen LogP contribution in [0.1, 0.15) is 37.3 Å². The highest BCUT2D eigenvalue weighted by Gasteiger charge is 2.28. The number of para-hydroxylation sites is 1. The first-order valence-electron chi connectivity index (χ1n) is 11.0. The Hall–Kier alpha value is -2.99. The number of benzene rings is 2. The number of halogens is 1. The van der Waals surface area contributed by atoms with Crippen LogP contribution in [-0.4, -0.2) is 29.2 Å². The van der Waals surface area contributed by atoms with Gasteiger partial charge in [0.15, 0.2) is 0 Å². The van der Waals surface area contributed by atoms with E-state index >= 15 is 0 Å². The predicted octanol–water partition coefficient (Wildman–Crippen LogP) is 5.84. The van der Waals surface area contributed by atoms with Crippen LogP contribution >= 0.6 is 0 Å². The Morgan fingerprint density at radius 2 is 2.03 bits per heavy atom. The molecule has 31 heavy (non-hydrogen) atoms. The lowest BCUT2D eigenvalue weighted by Gasteiger charge is -2.19. The fourth-order valence-electron chi connectivity index (χ4n) is 4.13. The molecular formula is C25H27FN4O. The molecule has 0 unspecified atom stereocenters. The van der Waals surface area contributed by atoms with Crippen molar-refractivity contribution in [3.63, 3.8) is 0 Å². The number of fused-ring (bicyclic) bond motifs is 1. The van der Waals surface area contributed by atoms with Gasteiger partial charge in [-0.25, -0.2) is 9.37 Å². The summed E-state index contributed by atoms with van der Waals surface area (Å²) in [4.78, 5) is 9.70. The molecule has 1 aliphatic heterocycles. The van der Waals surface area contributed by atoms with Crippen LogP contribution in [0.2, 0.25) is 0 Å². The van der Waals surface area contributed by atoms with E-state index in [1.807, 2.05) is 0 Å².